The summed E-state index contributed by atoms with van der Waals surface area (Å²) in [6, 6.07) is 12.2. The van der Waals surface area contributed by atoms with Gasteiger partial charge in [-0.3, -0.25) is 4.98 Å². The minimum atomic E-state index is 0.648. The molecule has 0 radical (unpaired) electrons. The fourth-order valence-electron chi connectivity index (χ4n) is 2.35. The SMILES string of the molecule is CC(C)CNCc1ccn(-c2cccc3cccnc23)n1. The van der Waals surface area contributed by atoms with Crippen molar-refractivity contribution in [2.24, 2.45) is 5.92 Å². The summed E-state index contributed by atoms with van der Waals surface area (Å²) in [5.74, 6) is 0.648. The first-order valence-corrected chi connectivity index (χ1v) is 7.33. The highest BCUT2D eigenvalue weighted by Gasteiger charge is 2.06. The van der Waals surface area contributed by atoms with Crippen LogP contribution in [0.2, 0.25) is 0 Å². The van der Waals surface area contributed by atoms with E-state index in [1.54, 1.807) is 0 Å². The number of benzene rings is 1. The molecular formula is C17H20N4. The Hall–Kier alpha value is -2.20. The molecule has 4 heteroatoms. The summed E-state index contributed by atoms with van der Waals surface area (Å²) >= 11 is 0. The molecule has 2 aromatic heterocycles. The number of rotatable bonds is 5. The fourth-order valence-corrected chi connectivity index (χ4v) is 2.35. The predicted molar refractivity (Wildman–Crippen MR) is 85.4 cm³/mol. The van der Waals surface area contributed by atoms with Gasteiger partial charge in [0.1, 0.15) is 0 Å². The van der Waals surface area contributed by atoms with Crippen molar-refractivity contribution in [3.63, 3.8) is 0 Å². The number of fused-ring (bicyclic) bond motifs is 1. The number of pyridine rings is 1. The van der Waals surface area contributed by atoms with E-state index in [0.717, 1.165) is 35.4 Å². The maximum Gasteiger partial charge on any atom is 0.0958 e. The Morgan fingerprint density at radius 1 is 1.14 bits per heavy atom. The van der Waals surface area contributed by atoms with E-state index in [-0.39, 0.29) is 0 Å². The summed E-state index contributed by atoms with van der Waals surface area (Å²) < 4.78 is 1.90. The van der Waals surface area contributed by atoms with Crippen LogP contribution in [0.25, 0.3) is 16.6 Å². The Labute approximate surface area is 124 Å². The topological polar surface area (TPSA) is 42.7 Å². The average Bonchev–Trinajstić information content (AvgIpc) is 2.95. The summed E-state index contributed by atoms with van der Waals surface area (Å²) in [5, 5.41) is 9.18. The van der Waals surface area contributed by atoms with E-state index in [0.29, 0.717) is 5.92 Å². The number of hydrogen-bond donors (Lipinski definition) is 1. The van der Waals surface area contributed by atoms with Crippen LogP contribution in [0.15, 0.2) is 48.8 Å². The van der Waals surface area contributed by atoms with Gasteiger partial charge >= 0.3 is 0 Å². The molecule has 1 N–H and O–H groups in total. The largest absolute Gasteiger partial charge is 0.311 e. The van der Waals surface area contributed by atoms with E-state index in [1.807, 2.05) is 35.3 Å². The molecular weight excluding hydrogens is 260 g/mol. The lowest BCUT2D eigenvalue weighted by Crippen LogP contribution is -2.19. The number of nitrogens with one attached hydrogen (secondary N) is 1. The van der Waals surface area contributed by atoms with Crippen LogP contribution in [-0.2, 0) is 6.54 Å². The van der Waals surface area contributed by atoms with Gasteiger partial charge in [-0.15, -0.1) is 0 Å². The Kier molecular flexibility index (Phi) is 3.97. The molecule has 3 rings (SSSR count). The second-order valence-electron chi connectivity index (χ2n) is 5.63. The molecule has 0 fully saturated rings. The molecule has 21 heavy (non-hydrogen) atoms. The van der Waals surface area contributed by atoms with Crippen molar-refractivity contribution in [3.8, 4) is 5.69 Å². The van der Waals surface area contributed by atoms with E-state index in [9.17, 15) is 0 Å². The second-order valence-corrected chi connectivity index (χ2v) is 5.63. The van der Waals surface area contributed by atoms with Gasteiger partial charge in [0, 0.05) is 24.3 Å². The van der Waals surface area contributed by atoms with Crippen molar-refractivity contribution in [2.75, 3.05) is 6.54 Å². The van der Waals surface area contributed by atoms with Gasteiger partial charge in [0.25, 0.3) is 0 Å². The summed E-state index contributed by atoms with van der Waals surface area (Å²) in [5.41, 5.74) is 3.04. The van der Waals surface area contributed by atoms with E-state index in [4.69, 9.17) is 0 Å². The van der Waals surface area contributed by atoms with E-state index >= 15 is 0 Å². The lowest BCUT2D eigenvalue weighted by Gasteiger charge is -2.06. The van der Waals surface area contributed by atoms with Gasteiger partial charge in [-0.1, -0.05) is 32.0 Å². The van der Waals surface area contributed by atoms with Gasteiger partial charge in [0.05, 0.1) is 16.9 Å². The molecule has 0 unspecified atom stereocenters. The summed E-state index contributed by atoms with van der Waals surface area (Å²) in [6.45, 7) is 6.20. The molecule has 3 aromatic rings. The van der Waals surface area contributed by atoms with Crippen LogP contribution in [0, 0.1) is 5.92 Å². The standard InChI is InChI=1S/C17H20N4/c1-13(2)11-18-12-15-8-10-21(20-15)16-7-3-5-14-6-4-9-19-17(14)16/h3-10,13,18H,11-12H2,1-2H3. The maximum absolute atomic E-state index is 4.64. The highest BCUT2D eigenvalue weighted by Crippen LogP contribution is 2.19. The number of hydrogen-bond acceptors (Lipinski definition) is 3. The summed E-state index contributed by atoms with van der Waals surface area (Å²) in [6.07, 6.45) is 3.82. The van der Waals surface area contributed by atoms with Crippen molar-refractivity contribution in [3.05, 3.63) is 54.5 Å². The van der Waals surface area contributed by atoms with Gasteiger partial charge in [-0.2, -0.15) is 5.10 Å². The van der Waals surface area contributed by atoms with Crippen LogP contribution in [0.4, 0.5) is 0 Å². The molecule has 0 spiro atoms. The Bertz CT molecular complexity index is 725. The van der Waals surface area contributed by atoms with Crippen LogP contribution in [0.1, 0.15) is 19.5 Å². The quantitative estimate of drug-likeness (QED) is 0.780. The van der Waals surface area contributed by atoms with Crippen LogP contribution in [0.5, 0.6) is 0 Å². The molecule has 0 aliphatic carbocycles. The molecule has 1 aromatic carbocycles. The van der Waals surface area contributed by atoms with Gasteiger partial charge in [-0.05, 0) is 30.7 Å². The number of aromatic nitrogens is 3. The highest BCUT2D eigenvalue weighted by molar-refractivity contribution is 5.86. The monoisotopic (exact) mass is 280 g/mol. The summed E-state index contributed by atoms with van der Waals surface area (Å²) in [7, 11) is 0. The minimum absolute atomic E-state index is 0.648. The fraction of sp³-hybridized carbons (Fsp3) is 0.294. The van der Waals surface area contributed by atoms with Crippen molar-refractivity contribution < 1.29 is 0 Å². The van der Waals surface area contributed by atoms with Crippen molar-refractivity contribution in [2.45, 2.75) is 20.4 Å². The Balaban J connectivity index is 1.85. The molecule has 108 valence electrons. The van der Waals surface area contributed by atoms with Crippen molar-refractivity contribution >= 4 is 10.9 Å². The first-order chi connectivity index (χ1) is 10.2. The van der Waals surface area contributed by atoms with Gasteiger partial charge in [0.2, 0.25) is 0 Å². The smallest absolute Gasteiger partial charge is 0.0958 e. The molecule has 0 bridgehead atoms. The number of para-hydroxylation sites is 1. The average molecular weight is 280 g/mol. The third kappa shape index (κ3) is 3.11. The zero-order valence-electron chi connectivity index (χ0n) is 12.5. The van der Waals surface area contributed by atoms with Crippen LogP contribution in [0.3, 0.4) is 0 Å². The van der Waals surface area contributed by atoms with Crippen molar-refractivity contribution in [1.82, 2.24) is 20.1 Å². The van der Waals surface area contributed by atoms with Crippen LogP contribution >= 0.6 is 0 Å². The molecule has 0 saturated carbocycles. The molecule has 0 saturated heterocycles. The van der Waals surface area contributed by atoms with Gasteiger partial charge < -0.3 is 5.32 Å². The van der Waals surface area contributed by atoms with E-state index in [1.165, 1.54) is 0 Å². The first-order valence-electron chi connectivity index (χ1n) is 7.33. The first kappa shape index (κ1) is 13.8. The third-order valence-corrected chi connectivity index (χ3v) is 3.36. The van der Waals surface area contributed by atoms with Crippen LogP contribution in [-0.4, -0.2) is 21.3 Å². The second kappa shape index (κ2) is 6.06. The van der Waals surface area contributed by atoms with Crippen molar-refractivity contribution in [1.29, 1.82) is 0 Å². The maximum atomic E-state index is 4.64. The Morgan fingerprint density at radius 3 is 2.86 bits per heavy atom. The third-order valence-electron chi connectivity index (χ3n) is 3.36. The van der Waals surface area contributed by atoms with Gasteiger partial charge in [-0.25, -0.2) is 4.68 Å². The zero-order chi connectivity index (χ0) is 14.7. The lowest BCUT2D eigenvalue weighted by atomic mass is 10.2. The lowest BCUT2D eigenvalue weighted by molar-refractivity contribution is 0.546. The van der Waals surface area contributed by atoms with Crippen LogP contribution < -0.4 is 5.32 Å². The zero-order valence-corrected chi connectivity index (χ0v) is 12.5. The molecule has 0 atom stereocenters. The minimum Gasteiger partial charge on any atom is -0.311 e. The summed E-state index contributed by atoms with van der Waals surface area (Å²) in [4.78, 5) is 4.48. The highest BCUT2D eigenvalue weighted by atomic mass is 15.3. The molecule has 0 amide bonds. The number of nitrogens with zero attached hydrogens (tertiary/aromatic N) is 3. The Morgan fingerprint density at radius 2 is 2.00 bits per heavy atom. The molecule has 4 nitrogen and oxygen atoms in total. The molecule has 0 aliphatic rings. The van der Waals surface area contributed by atoms with E-state index < -0.39 is 0 Å². The normalized spacial score (nSPS) is 11.4. The predicted octanol–water partition coefficient (Wildman–Crippen LogP) is 3.17. The molecule has 2 heterocycles. The van der Waals surface area contributed by atoms with E-state index in [2.05, 4.69) is 47.4 Å². The van der Waals surface area contributed by atoms with Gasteiger partial charge in [0.15, 0.2) is 0 Å². The molecule has 0 aliphatic heterocycles.